The van der Waals surface area contributed by atoms with E-state index in [0.717, 1.165) is 0 Å². The minimum atomic E-state index is -0.133. The molecule has 0 fully saturated rings. The molecule has 53 heavy (non-hydrogen) atoms. The predicted molar refractivity (Wildman–Crippen MR) is 229 cm³/mol. The Morgan fingerprint density at radius 1 is 0.453 bits per heavy atom. The third-order valence-electron chi connectivity index (χ3n) is 12.4. The third-order valence-corrected chi connectivity index (χ3v) is 12.4. The molecule has 0 saturated carbocycles. The Bertz CT molecular complexity index is 2380. The zero-order chi connectivity index (χ0) is 37.6. The first-order valence-corrected chi connectivity index (χ1v) is 19.7. The lowest BCUT2D eigenvalue weighted by atomic mass is 9.79. The first-order valence-electron chi connectivity index (χ1n) is 19.7. The maximum absolute atomic E-state index is 2.54. The van der Waals surface area contributed by atoms with Crippen LogP contribution in [-0.4, -0.2) is 0 Å². The summed E-state index contributed by atoms with van der Waals surface area (Å²) in [6, 6.07) is 47.0. The topological polar surface area (TPSA) is 3.24 Å². The SMILES string of the molecule is CC(C)c1ccc(-c2cc(C(C)C)ccc2N(c2ccc3c(c2)C(C)(C)c2ccccc2-3)c2ccc3c(c2)C(C)(C)c2cc(C(C)(C)C)ccc2-3)cc1. The molecule has 2 aliphatic carbocycles. The molecule has 0 aromatic heterocycles. The molecule has 6 aromatic rings. The molecule has 0 N–H and O–H groups in total. The maximum Gasteiger partial charge on any atom is 0.0540 e. The van der Waals surface area contributed by atoms with Crippen molar-refractivity contribution in [2.45, 2.75) is 104 Å². The summed E-state index contributed by atoms with van der Waals surface area (Å²) in [4.78, 5) is 2.54. The minimum Gasteiger partial charge on any atom is -0.310 e. The van der Waals surface area contributed by atoms with Gasteiger partial charge in [-0.1, -0.05) is 161 Å². The van der Waals surface area contributed by atoms with Gasteiger partial charge in [-0.05, 0) is 120 Å². The number of fused-ring (bicyclic) bond motifs is 6. The van der Waals surface area contributed by atoms with Gasteiger partial charge in [0.2, 0.25) is 0 Å². The zero-order valence-corrected chi connectivity index (χ0v) is 33.6. The summed E-state index contributed by atoms with van der Waals surface area (Å²) < 4.78 is 0. The molecule has 0 bridgehead atoms. The molecule has 0 heterocycles. The van der Waals surface area contributed by atoms with E-state index in [0.29, 0.717) is 11.8 Å². The van der Waals surface area contributed by atoms with Crippen LogP contribution >= 0.6 is 0 Å². The molecule has 0 spiro atoms. The summed E-state index contributed by atoms with van der Waals surface area (Å²) >= 11 is 0. The lowest BCUT2D eigenvalue weighted by Crippen LogP contribution is -2.19. The Labute approximate surface area is 318 Å². The summed E-state index contributed by atoms with van der Waals surface area (Å²) in [5, 5.41) is 0. The smallest absolute Gasteiger partial charge is 0.0540 e. The highest BCUT2D eigenvalue weighted by atomic mass is 15.1. The quantitative estimate of drug-likeness (QED) is 0.168. The van der Waals surface area contributed by atoms with Crippen LogP contribution in [0.3, 0.4) is 0 Å². The van der Waals surface area contributed by atoms with Crippen LogP contribution in [0.4, 0.5) is 17.1 Å². The van der Waals surface area contributed by atoms with Gasteiger partial charge in [-0.2, -0.15) is 0 Å². The molecular weight excluding hydrogens is 639 g/mol. The maximum atomic E-state index is 2.54. The number of rotatable bonds is 6. The Balaban J connectivity index is 1.36. The van der Waals surface area contributed by atoms with Gasteiger partial charge in [-0.3, -0.25) is 0 Å². The van der Waals surface area contributed by atoms with E-state index >= 15 is 0 Å². The van der Waals surface area contributed by atoms with Gasteiger partial charge in [-0.25, -0.2) is 0 Å². The molecule has 0 unspecified atom stereocenters. The summed E-state index contributed by atoms with van der Waals surface area (Å²) in [5.74, 6) is 0.905. The van der Waals surface area contributed by atoms with Crippen molar-refractivity contribution >= 4 is 17.1 Å². The van der Waals surface area contributed by atoms with E-state index in [-0.39, 0.29) is 16.2 Å². The summed E-state index contributed by atoms with van der Waals surface area (Å²) in [6.07, 6.45) is 0. The average molecular weight is 694 g/mol. The van der Waals surface area contributed by atoms with Gasteiger partial charge in [-0.15, -0.1) is 0 Å². The van der Waals surface area contributed by atoms with Crippen molar-refractivity contribution in [1.82, 2.24) is 0 Å². The van der Waals surface area contributed by atoms with Crippen molar-refractivity contribution in [3.63, 3.8) is 0 Å². The van der Waals surface area contributed by atoms with Crippen LogP contribution in [-0.2, 0) is 16.2 Å². The van der Waals surface area contributed by atoms with Crippen LogP contribution in [0.15, 0.2) is 121 Å². The molecule has 0 radical (unpaired) electrons. The Morgan fingerprint density at radius 2 is 0.943 bits per heavy atom. The lowest BCUT2D eigenvalue weighted by Gasteiger charge is -2.31. The number of hydrogen-bond acceptors (Lipinski definition) is 1. The van der Waals surface area contributed by atoms with Gasteiger partial charge >= 0.3 is 0 Å². The monoisotopic (exact) mass is 693 g/mol. The molecule has 1 nitrogen and oxygen atoms in total. The van der Waals surface area contributed by atoms with Gasteiger partial charge in [0, 0.05) is 27.8 Å². The van der Waals surface area contributed by atoms with Crippen molar-refractivity contribution in [3.8, 4) is 33.4 Å². The highest BCUT2D eigenvalue weighted by Crippen LogP contribution is 2.54. The largest absolute Gasteiger partial charge is 0.310 e. The van der Waals surface area contributed by atoms with Crippen LogP contribution < -0.4 is 4.90 Å². The van der Waals surface area contributed by atoms with Gasteiger partial charge in [0.1, 0.15) is 0 Å². The molecule has 268 valence electrons. The molecule has 0 saturated heterocycles. The minimum absolute atomic E-state index is 0.0920. The van der Waals surface area contributed by atoms with Crippen molar-refractivity contribution in [2.24, 2.45) is 0 Å². The molecule has 8 rings (SSSR count). The molecule has 0 aliphatic heterocycles. The summed E-state index contributed by atoms with van der Waals surface area (Å²) in [6.45, 7) is 25.7. The van der Waals surface area contributed by atoms with Crippen molar-refractivity contribution in [3.05, 3.63) is 160 Å². The number of anilines is 3. The summed E-state index contributed by atoms with van der Waals surface area (Å²) in [5.41, 5.74) is 21.0. The highest BCUT2D eigenvalue weighted by molar-refractivity contribution is 5.92. The van der Waals surface area contributed by atoms with Gasteiger partial charge in [0.15, 0.2) is 0 Å². The molecule has 2 aliphatic rings. The van der Waals surface area contributed by atoms with Crippen LogP contribution in [0.5, 0.6) is 0 Å². The van der Waals surface area contributed by atoms with Gasteiger partial charge < -0.3 is 4.90 Å². The highest BCUT2D eigenvalue weighted by Gasteiger charge is 2.38. The zero-order valence-electron chi connectivity index (χ0n) is 33.6. The molecule has 0 atom stereocenters. The Kier molecular flexibility index (Phi) is 8.19. The summed E-state index contributed by atoms with van der Waals surface area (Å²) in [7, 11) is 0. The second-order valence-corrected chi connectivity index (χ2v) is 18.3. The lowest BCUT2D eigenvalue weighted by molar-refractivity contribution is 0.584. The van der Waals surface area contributed by atoms with E-state index in [2.05, 4.69) is 202 Å². The number of hydrogen-bond donors (Lipinski definition) is 0. The second kappa shape index (κ2) is 12.3. The predicted octanol–water partition coefficient (Wildman–Crippen LogP) is 15.0. The first-order chi connectivity index (χ1) is 25.1. The average Bonchev–Trinajstić information content (AvgIpc) is 3.50. The fourth-order valence-electron chi connectivity index (χ4n) is 8.98. The van der Waals surface area contributed by atoms with Crippen LogP contribution in [0, 0.1) is 0 Å². The van der Waals surface area contributed by atoms with Crippen molar-refractivity contribution in [1.29, 1.82) is 0 Å². The molecule has 0 amide bonds. The second-order valence-electron chi connectivity index (χ2n) is 18.3. The molecule has 6 aromatic carbocycles. The first kappa shape index (κ1) is 35.2. The van der Waals surface area contributed by atoms with Crippen LogP contribution in [0.2, 0.25) is 0 Å². The van der Waals surface area contributed by atoms with E-state index < -0.39 is 0 Å². The Morgan fingerprint density at radius 3 is 1.51 bits per heavy atom. The van der Waals surface area contributed by atoms with Gasteiger partial charge in [0.25, 0.3) is 0 Å². The van der Waals surface area contributed by atoms with Crippen molar-refractivity contribution in [2.75, 3.05) is 4.90 Å². The Hall–Kier alpha value is -4.88. The van der Waals surface area contributed by atoms with E-state index in [1.54, 1.807) is 0 Å². The molecular formula is C52H55N. The fourth-order valence-corrected chi connectivity index (χ4v) is 8.98. The third kappa shape index (κ3) is 5.67. The normalized spacial score (nSPS) is 15.0. The van der Waals surface area contributed by atoms with E-state index in [1.165, 1.54) is 89.4 Å². The van der Waals surface area contributed by atoms with Crippen LogP contribution in [0.1, 0.15) is 127 Å². The number of nitrogens with zero attached hydrogens (tertiary/aromatic N) is 1. The fraction of sp³-hybridized carbons (Fsp3) is 0.308. The standard InChI is InChI=1S/C52H55N/c1-32(2)34-16-18-35(19-17-34)44-28-36(33(3)4)20-27-49(44)53(38-22-25-42-40-14-12-13-15-45(40)51(8,9)47(42)30-38)39-23-26-43-41-24-21-37(50(5,6)7)29-46(41)52(10,11)48(43)31-39/h12-33H,1-11H3. The van der Waals surface area contributed by atoms with E-state index in [1.807, 2.05) is 0 Å². The molecule has 1 heteroatoms. The van der Waals surface area contributed by atoms with E-state index in [4.69, 9.17) is 0 Å². The van der Waals surface area contributed by atoms with E-state index in [9.17, 15) is 0 Å². The van der Waals surface area contributed by atoms with Crippen molar-refractivity contribution < 1.29 is 0 Å². The van der Waals surface area contributed by atoms with Gasteiger partial charge in [0.05, 0.1) is 5.69 Å². The number of benzene rings is 6. The van der Waals surface area contributed by atoms with Crippen LogP contribution in [0.25, 0.3) is 33.4 Å².